The number of piperazine rings is 1. The lowest BCUT2D eigenvalue weighted by molar-refractivity contribution is -0.173. The second-order valence-corrected chi connectivity index (χ2v) is 12.9. The van der Waals surface area contributed by atoms with Crippen LogP contribution in [0.25, 0.3) is 5.76 Å². The first kappa shape index (κ1) is 35.6. The fraction of sp³-hybridized carbons (Fsp3) is 0.618. The third-order valence-electron chi connectivity index (χ3n) is 8.23. The number of ether oxygens (including phenoxy) is 4. The van der Waals surface area contributed by atoms with Crippen molar-refractivity contribution in [1.29, 1.82) is 0 Å². The van der Waals surface area contributed by atoms with Gasteiger partial charge in [0.15, 0.2) is 0 Å². The minimum absolute atomic E-state index is 0.000810. The summed E-state index contributed by atoms with van der Waals surface area (Å²) in [6, 6.07) is 4.50. The van der Waals surface area contributed by atoms with Gasteiger partial charge in [-0.15, -0.1) is 0 Å². The van der Waals surface area contributed by atoms with Crippen LogP contribution in [-0.2, 0) is 38.1 Å². The molecule has 0 bridgehead atoms. The molecule has 2 amide bonds. The van der Waals surface area contributed by atoms with Crippen molar-refractivity contribution in [2.75, 3.05) is 39.4 Å². The van der Waals surface area contributed by atoms with Gasteiger partial charge in [0.25, 0.3) is 0 Å². The zero-order valence-corrected chi connectivity index (χ0v) is 28.2. The summed E-state index contributed by atoms with van der Waals surface area (Å²) in [5, 5.41) is 4.24. The topological polar surface area (TPSA) is 153 Å². The molecule has 0 radical (unpaired) electrons. The van der Waals surface area contributed by atoms with E-state index in [1.807, 2.05) is 25.0 Å². The number of nitrogens with one attached hydrogen (secondary N) is 1. The SMILES string of the molecule is CCOC(=O)N1CCN(C(=O)C(CCC(=O)OC(C)(C)C)NC2N=c3cc(C)ccc3=C(OC3(C(=O)OCC)CCC3)C2=C=O)CC1. The summed E-state index contributed by atoms with van der Waals surface area (Å²) in [6.45, 7) is 12.1. The van der Waals surface area contributed by atoms with Crippen molar-refractivity contribution >= 4 is 35.6 Å². The van der Waals surface area contributed by atoms with Crippen LogP contribution in [0.15, 0.2) is 28.8 Å². The van der Waals surface area contributed by atoms with E-state index in [9.17, 15) is 24.0 Å². The van der Waals surface area contributed by atoms with E-state index in [1.165, 1.54) is 4.90 Å². The smallest absolute Gasteiger partial charge is 0.409 e. The van der Waals surface area contributed by atoms with Crippen LogP contribution in [0.1, 0.15) is 72.3 Å². The Bertz CT molecular complexity index is 1530. The number of rotatable bonds is 11. The summed E-state index contributed by atoms with van der Waals surface area (Å²) in [6.07, 6.45) is 0.0523. The Morgan fingerprint density at radius 3 is 2.28 bits per heavy atom. The predicted octanol–water partition coefficient (Wildman–Crippen LogP) is 1.70. The average molecular weight is 655 g/mol. The van der Waals surface area contributed by atoms with Gasteiger partial charge in [-0.25, -0.2) is 14.4 Å². The van der Waals surface area contributed by atoms with Crippen molar-refractivity contribution in [3.63, 3.8) is 0 Å². The molecule has 1 aromatic carbocycles. The maximum atomic E-state index is 14.0. The molecule has 1 N–H and O–H groups in total. The molecule has 2 unspecified atom stereocenters. The highest BCUT2D eigenvalue weighted by molar-refractivity contribution is 5.85. The number of benzene rings is 1. The molecule has 2 atom stereocenters. The zero-order valence-electron chi connectivity index (χ0n) is 28.2. The first-order valence-electron chi connectivity index (χ1n) is 16.3. The Morgan fingerprint density at radius 2 is 1.70 bits per heavy atom. The molecule has 4 rings (SSSR count). The molecule has 13 heteroatoms. The first-order valence-corrected chi connectivity index (χ1v) is 16.3. The zero-order chi connectivity index (χ0) is 34.4. The number of carbonyl (C=O) groups is 4. The normalized spacial score (nSPS) is 19.3. The molecule has 256 valence electrons. The van der Waals surface area contributed by atoms with E-state index in [1.54, 1.807) is 45.6 Å². The van der Waals surface area contributed by atoms with Crippen LogP contribution in [0.4, 0.5) is 4.79 Å². The van der Waals surface area contributed by atoms with Gasteiger partial charge < -0.3 is 28.7 Å². The Balaban J connectivity index is 1.65. The van der Waals surface area contributed by atoms with E-state index >= 15 is 0 Å². The predicted molar refractivity (Wildman–Crippen MR) is 170 cm³/mol. The minimum atomic E-state index is -1.25. The van der Waals surface area contributed by atoms with Gasteiger partial charge >= 0.3 is 18.0 Å². The molecule has 1 saturated heterocycles. The Kier molecular flexibility index (Phi) is 11.5. The summed E-state index contributed by atoms with van der Waals surface area (Å²) >= 11 is 0. The number of amides is 2. The van der Waals surface area contributed by atoms with Crippen LogP contribution in [0.5, 0.6) is 0 Å². The molecule has 2 fully saturated rings. The maximum absolute atomic E-state index is 14.0. The van der Waals surface area contributed by atoms with Gasteiger partial charge in [-0.1, -0.05) is 6.07 Å². The Hall–Kier alpha value is -4.22. The molecule has 3 aliphatic rings. The third-order valence-corrected chi connectivity index (χ3v) is 8.23. The van der Waals surface area contributed by atoms with Crippen molar-refractivity contribution in [3.8, 4) is 0 Å². The van der Waals surface area contributed by atoms with E-state index in [0.717, 1.165) is 12.0 Å². The monoisotopic (exact) mass is 654 g/mol. The number of nitrogens with zero attached hydrogens (tertiary/aromatic N) is 3. The van der Waals surface area contributed by atoms with Crippen LogP contribution >= 0.6 is 0 Å². The average Bonchev–Trinajstić information content (AvgIpc) is 2.99. The van der Waals surface area contributed by atoms with Crippen LogP contribution in [0.2, 0.25) is 0 Å². The summed E-state index contributed by atoms with van der Waals surface area (Å²) in [5.74, 6) is 0.820. The molecule has 2 aliphatic heterocycles. The Morgan fingerprint density at radius 1 is 1.04 bits per heavy atom. The summed E-state index contributed by atoms with van der Waals surface area (Å²) in [7, 11) is 0. The number of hydrogen-bond acceptors (Lipinski definition) is 11. The Labute approximate surface area is 274 Å². The van der Waals surface area contributed by atoms with Gasteiger partial charge in [0.1, 0.15) is 29.0 Å². The van der Waals surface area contributed by atoms with Crippen LogP contribution in [0.3, 0.4) is 0 Å². The molecule has 0 aromatic heterocycles. The third kappa shape index (κ3) is 8.58. The lowest BCUT2D eigenvalue weighted by Crippen LogP contribution is -2.57. The van der Waals surface area contributed by atoms with E-state index < -0.39 is 41.4 Å². The molecular formula is C34H46N4O9. The second kappa shape index (κ2) is 15.1. The van der Waals surface area contributed by atoms with Crippen LogP contribution < -0.4 is 15.9 Å². The fourth-order valence-electron chi connectivity index (χ4n) is 5.72. The van der Waals surface area contributed by atoms with Gasteiger partial charge in [-0.2, -0.15) is 0 Å². The first-order chi connectivity index (χ1) is 22.3. The van der Waals surface area contributed by atoms with E-state index in [0.29, 0.717) is 23.4 Å². The quantitative estimate of drug-likeness (QED) is 0.212. The maximum Gasteiger partial charge on any atom is 0.409 e. The number of esters is 2. The molecule has 1 aromatic rings. The van der Waals surface area contributed by atoms with Crippen molar-refractivity contribution in [3.05, 3.63) is 39.9 Å². The molecule has 2 heterocycles. The summed E-state index contributed by atoms with van der Waals surface area (Å²) < 4.78 is 22.3. The van der Waals surface area contributed by atoms with Crippen molar-refractivity contribution in [2.45, 2.75) is 97.1 Å². The van der Waals surface area contributed by atoms with Gasteiger partial charge in [0, 0.05) is 37.8 Å². The summed E-state index contributed by atoms with van der Waals surface area (Å²) in [5.41, 5.74) is -1.05. The highest BCUT2D eigenvalue weighted by Gasteiger charge is 2.50. The van der Waals surface area contributed by atoms with Crippen molar-refractivity contribution in [1.82, 2.24) is 15.1 Å². The highest BCUT2D eigenvalue weighted by Crippen LogP contribution is 2.40. The standard InChI is InChI=1S/C34H46N4O9/c1-7-44-31(42)34(14-9-15-34)47-28-23-11-10-22(3)20-26(23)36-29(24(28)21-39)35-25(12-13-27(40)46-33(4,5)6)30(41)37-16-18-38(19-17-37)32(43)45-8-2/h10-11,20,25,29,35H,7-9,12-19H2,1-6H3. The molecule has 47 heavy (non-hydrogen) atoms. The van der Waals surface area contributed by atoms with Crippen molar-refractivity contribution in [2.24, 2.45) is 4.99 Å². The van der Waals surface area contributed by atoms with E-state index in [-0.39, 0.29) is 69.5 Å². The molecule has 0 spiro atoms. The second-order valence-electron chi connectivity index (χ2n) is 12.9. The number of carbonyl (C=O) groups excluding carboxylic acids is 5. The van der Waals surface area contributed by atoms with Gasteiger partial charge in [0.2, 0.25) is 11.5 Å². The van der Waals surface area contributed by atoms with Gasteiger partial charge in [0.05, 0.1) is 24.6 Å². The lowest BCUT2D eigenvalue weighted by atomic mass is 9.79. The molecule has 13 nitrogen and oxygen atoms in total. The van der Waals surface area contributed by atoms with E-state index in [4.69, 9.17) is 23.9 Å². The lowest BCUT2D eigenvalue weighted by Gasteiger charge is -2.41. The van der Waals surface area contributed by atoms with Crippen LogP contribution in [0, 0.1) is 6.92 Å². The van der Waals surface area contributed by atoms with Crippen molar-refractivity contribution < 1.29 is 42.9 Å². The fourth-order valence-corrected chi connectivity index (χ4v) is 5.72. The number of hydrogen-bond donors (Lipinski definition) is 1. The number of fused-ring (bicyclic) bond motifs is 1. The molecular weight excluding hydrogens is 608 g/mol. The van der Waals surface area contributed by atoms with E-state index in [2.05, 4.69) is 5.32 Å². The largest absolute Gasteiger partial charge is 0.474 e. The highest BCUT2D eigenvalue weighted by atomic mass is 16.6. The van der Waals surface area contributed by atoms with Gasteiger partial charge in [-0.3, -0.25) is 19.9 Å². The molecule has 1 saturated carbocycles. The van der Waals surface area contributed by atoms with Gasteiger partial charge in [-0.05, 0) is 84.9 Å². The summed E-state index contributed by atoms with van der Waals surface area (Å²) in [4.78, 5) is 72.6. The molecule has 1 aliphatic carbocycles. The number of aryl methyl sites for hydroxylation is 1. The minimum Gasteiger partial charge on any atom is -0.474 e. The van der Waals surface area contributed by atoms with Crippen LogP contribution in [-0.4, -0.2) is 102 Å².